The number of hydrogen-bond donors (Lipinski definition) is 0. The second-order valence-corrected chi connectivity index (χ2v) is 8.04. The van der Waals surface area contributed by atoms with Gasteiger partial charge in [0.15, 0.2) is 0 Å². The summed E-state index contributed by atoms with van der Waals surface area (Å²) in [6.45, 7) is 13.5. The summed E-state index contributed by atoms with van der Waals surface area (Å²) in [7, 11) is 2.19. The van der Waals surface area contributed by atoms with E-state index in [0.717, 1.165) is 0 Å². The molecule has 2 aromatic rings. The summed E-state index contributed by atoms with van der Waals surface area (Å²) in [6.07, 6.45) is 0. The molecule has 0 N–H and O–H groups in total. The molecule has 0 aliphatic heterocycles. The molecule has 0 saturated heterocycles. The van der Waals surface area contributed by atoms with Crippen LogP contribution in [0.25, 0.3) is 0 Å². The van der Waals surface area contributed by atoms with Crippen molar-refractivity contribution in [2.75, 3.05) is 11.9 Å². The first-order valence-electron chi connectivity index (χ1n) is 8.72. The molecule has 0 atom stereocenters. The maximum atomic E-state index is 3.35. The second-order valence-electron chi connectivity index (χ2n) is 7.23. The Morgan fingerprint density at radius 2 is 1.25 bits per heavy atom. The van der Waals surface area contributed by atoms with Gasteiger partial charge in [0.1, 0.15) is 0 Å². The Morgan fingerprint density at radius 1 is 0.833 bits per heavy atom. The van der Waals surface area contributed by atoms with Gasteiger partial charge in [-0.1, -0.05) is 0 Å². The summed E-state index contributed by atoms with van der Waals surface area (Å²) in [6, 6.07) is 13.2. The quantitative estimate of drug-likeness (QED) is 0.628. The fourth-order valence-corrected chi connectivity index (χ4v) is 4.19. The van der Waals surface area contributed by atoms with Crippen LogP contribution in [0.3, 0.4) is 0 Å². The van der Waals surface area contributed by atoms with Crippen LogP contribution in [0.5, 0.6) is 0 Å². The number of aryl methyl sites for hydroxylation is 2. The first-order valence-corrected chi connectivity index (χ1v) is 9.58. The van der Waals surface area contributed by atoms with Crippen molar-refractivity contribution >= 4 is 25.8 Å². The van der Waals surface area contributed by atoms with Crippen molar-refractivity contribution in [3.05, 3.63) is 64.2 Å². The van der Waals surface area contributed by atoms with E-state index in [-0.39, 0.29) is 0 Å². The van der Waals surface area contributed by atoms with Gasteiger partial charge < -0.3 is 0 Å². The van der Waals surface area contributed by atoms with Gasteiger partial charge in [0.05, 0.1) is 0 Å². The number of para-hydroxylation sites is 1. The predicted molar refractivity (Wildman–Crippen MR) is 109 cm³/mol. The van der Waals surface area contributed by atoms with Crippen LogP contribution in [0.1, 0.15) is 67.3 Å². The molecule has 0 bridgehead atoms. The van der Waals surface area contributed by atoms with Gasteiger partial charge in [-0.25, -0.2) is 0 Å². The zero-order valence-electron chi connectivity index (χ0n) is 16.0. The van der Waals surface area contributed by atoms with Gasteiger partial charge in [0.25, 0.3) is 0 Å². The number of hydrogen-bond acceptors (Lipinski definition) is 1. The monoisotopic (exact) mass is 387 g/mol. The molecule has 24 heavy (non-hydrogen) atoms. The average molecular weight is 386 g/mol. The zero-order chi connectivity index (χ0) is 18.0. The van der Waals surface area contributed by atoms with E-state index in [1.54, 1.807) is 0 Å². The molecule has 2 rings (SSSR count). The molecule has 2 aromatic carbocycles. The Bertz CT molecular complexity index is 697. The molecule has 0 unspecified atom stereocenters. The number of rotatable bonds is 5. The minimum absolute atomic E-state index is 0.493. The van der Waals surface area contributed by atoms with Crippen LogP contribution >= 0.6 is 0 Å². The van der Waals surface area contributed by atoms with Crippen molar-refractivity contribution in [2.45, 2.75) is 53.4 Å². The van der Waals surface area contributed by atoms with Gasteiger partial charge in [-0.15, -0.1) is 0 Å². The molecule has 0 aromatic heterocycles. The van der Waals surface area contributed by atoms with Gasteiger partial charge in [-0.2, -0.15) is 0 Å². The molecule has 0 amide bonds. The van der Waals surface area contributed by atoms with Gasteiger partial charge in [0.2, 0.25) is 0 Å². The molecule has 0 fully saturated rings. The van der Waals surface area contributed by atoms with Gasteiger partial charge >= 0.3 is 155 Å². The van der Waals surface area contributed by atoms with E-state index in [4.69, 9.17) is 0 Å². The SMILES string of the molecule is Cc1cccc(C)c1C(=[Se])N(C)c1c(C(C)C)cccc1C(C)C. The molecule has 0 saturated carbocycles. The van der Waals surface area contributed by atoms with Crippen LogP contribution in [0, 0.1) is 13.8 Å². The molecule has 2 heteroatoms. The number of benzene rings is 2. The van der Waals surface area contributed by atoms with E-state index in [0.29, 0.717) is 11.8 Å². The Morgan fingerprint density at radius 3 is 1.67 bits per heavy atom. The summed E-state index contributed by atoms with van der Waals surface area (Å²) < 4.78 is 1.20. The van der Waals surface area contributed by atoms with Crippen LogP contribution in [0.2, 0.25) is 0 Å². The van der Waals surface area contributed by atoms with Crippen molar-refractivity contribution in [1.82, 2.24) is 0 Å². The molecule has 0 heterocycles. The summed E-state index contributed by atoms with van der Waals surface area (Å²) in [5.74, 6) is 0.985. The van der Waals surface area contributed by atoms with E-state index in [1.807, 2.05) is 0 Å². The standard InChI is InChI=1S/C22H29NSe/c1-14(2)18-12-9-13-19(15(3)4)21(18)23(7)22(24)20-16(5)10-8-11-17(20)6/h8-15H,1-7H3. The molecule has 0 aliphatic rings. The molecule has 1 nitrogen and oxygen atoms in total. The normalized spacial score (nSPS) is 11.2. The van der Waals surface area contributed by atoms with Crippen LogP contribution in [-0.2, 0) is 0 Å². The van der Waals surface area contributed by atoms with E-state index in [1.165, 1.54) is 38.0 Å². The van der Waals surface area contributed by atoms with Crippen LogP contribution in [0.4, 0.5) is 5.69 Å². The topological polar surface area (TPSA) is 3.24 Å². The Labute approximate surface area is 155 Å². The van der Waals surface area contributed by atoms with Gasteiger partial charge in [-0.3, -0.25) is 0 Å². The Kier molecular flexibility index (Phi) is 6.06. The summed E-state index contributed by atoms with van der Waals surface area (Å²) in [4.78, 5) is 2.35. The summed E-state index contributed by atoms with van der Waals surface area (Å²) in [5, 5.41) is 0. The number of anilines is 1. The molecular formula is C22H29NSe. The fraction of sp³-hybridized carbons (Fsp3) is 0.409. The predicted octanol–water partition coefficient (Wildman–Crippen LogP) is 5.33. The van der Waals surface area contributed by atoms with Crippen LogP contribution < -0.4 is 4.90 Å². The first kappa shape index (κ1) is 19.0. The maximum absolute atomic E-state index is 3.35. The third kappa shape index (κ3) is 3.66. The molecular weight excluding hydrogens is 357 g/mol. The third-order valence-electron chi connectivity index (χ3n) is 4.68. The molecule has 128 valence electrons. The Balaban J connectivity index is 2.61. The second kappa shape index (κ2) is 7.68. The minimum atomic E-state index is 0.493. The van der Waals surface area contributed by atoms with Gasteiger partial charge in [-0.05, 0) is 0 Å². The van der Waals surface area contributed by atoms with E-state index in [2.05, 4.69) is 105 Å². The van der Waals surface area contributed by atoms with Crippen LogP contribution in [0.15, 0.2) is 36.4 Å². The summed E-state index contributed by atoms with van der Waals surface area (Å²) >= 11 is 3.35. The van der Waals surface area contributed by atoms with E-state index < -0.39 is 0 Å². The van der Waals surface area contributed by atoms with E-state index >= 15 is 0 Å². The van der Waals surface area contributed by atoms with Crippen molar-refractivity contribution in [3.8, 4) is 0 Å². The molecule has 0 radical (unpaired) electrons. The van der Waals surface area contributed by atoms with Crippen molar-refractivity contribution in [2.24, 2.45) is 0 Å². The van der Waals surface area contributed by atoms with Gasteiger partial charge in [0, 0.05) is 0 Å². The van der Waals surface area contributed by atoms with E-state index in [9.17, 15) is 0 Å². The average Bonchev–Trinajstić information content (AvgIpc) is 2.52. The number of nitrogens with zero attached hydrogens (tertiary/aromatic N) is 1. The van der Waals surface area contributed by atoms with Crippen molar-refractivity contribution in [1.29, 1.82) is 0 Å². The van der Waals surface area contributed by atoms with Crippen LogP contribution in [-0.4, -0.2) is 27.2 Å². The fourth-order valence-electron chi connectivity index (χ4n) is 3.32. The molecule has 0 aliphatic carbocycles. The zero-order valence-corrected chi connectivity index (χ0v) is 17.7. The summed E-state index contributed by atoms with van der Waals surface area (Å²) in [5.41, 5.74) is 8.09. The third-order valence-corrected chi connectivity index (χ3v) is 5.68. The van der Waals surface area contributed by atoms with Crippen molar-refractivity contribution < 1.29 is 0 Å². The molecule has 0 spiro atoms. The first-order chi connectivity index (χ1) is 11.3. The Hall–Kier alpha value is -1.37. The van der Waals surface area contributed by atoms with Crippen molar-refractivity contribution in [3.63, 3.8) is 0 Å².